The van der Waals surface area contributed by atoms with Gasteiger partial charge in [0, 0.05) is 48.0 Å². The molecule has 0 saturated carbocycles. The van der Waals surface area contributed by atoms with Crippen LogP contribution in [0.25, 0.3) is 16.5 Å². The largest absolute Gasteiger partial charge is 0.445 e. The molecule has 0 bridgehead atoms. The third-order valence-corrected chi connectivity index (χ3v) is 5.20. The van der Waals surface area contributed by atoms with Gasteiger partial charge in [-0.2, -0.15) is 0 Å². The van der Waals surface area contributed by atoms with E-state index in [4.69, 9.17) is 4.74 Å². The number of nitrogens with one attached hydrogen (secondary N) is 2. The Morgan fingerprint density at radius 1 is 1.30 bits per heavy atom. The molecule has 30 heavy (non-hydrogen) atoms. The molecular weight excluding hydrogens is 374 g/mol. The maximum Gasteiger partial charge on any atom is 0.411 e. The number of unbranched alkanes of at least 4 members (excludes halogenated alkanes) is 1. The number of fused-ring (bicyclic) bond motifs is 1. The average Bonchev–Trinajstić information content (AvgIpc) is 3.10. The lowest BCUT2D eigenvalue weighted by Crippen LogP contribution is -2.35. The number of hydrogen-bond donors (Lipinski definition) is 2. The molecule has 0 aliphatic carbocycles. The first kappa shape index (κ1) is 22.2. The molecule has 1 aromatic carbocycles. The van der Waals surface area contributed by atoms with Gasteiger partial charge in [-0.15, -0.1) is 0 Å². The fourth-order valence-corrected chi connectivity index (χ4v) is 3.86. The highest BCUT2D eigenvalue weighted by Crippen LogP contribution is 2.31. The summed E-state index contributed by atoms with van der Waals surface area (Å²) in [6.45, 7) is 12.4. The van der Waals surface area contributed by atoms with E-state index >= 15 is 0 Å². The molecule has 0 radical (unpaired) electrons. The van der Waals surface area contributed by atoms with Crippen LogP contribution in [0.5, 0.6) is 0 Å². The van der Waals surface area contributed by atoms with E-state index in [1.165, 1.54) is 11.1 Å². The molecule has 2 N–H and O–H groups in total. The van der Waals surface area contributed by atoms with Gasteiger partial charge in [-0.05, 0) is 42.0 Å². The molecule has 3 rings (SSSR count). The number of aromatic nitrogens is 1. The minimum atomic E-state index is -0.428. The summed E-state index contributed by atoms with van der Waals surface area (Å²) in [4.78, 5) is 17.9. The molecule has 2 heterocycles. The fourth-order valence-electron chi connectivity index (χ4n) is 3.86. The van der Waals surface area contributed by atoms with Gasteiger partial charge < -0.3 is 9.72 Å². The monoisotopic (exact) mass is 409 g/mol. The van der Waals surface area contributed by atoms with Crippen molar-refractivity contribution >= 4 is 28.3 Å². The van der Waals surface area contributed by atoms with Gasteiger partial charge in [0.1, 0.15) is 6.61 Å². The van der Waals surface area contributed by atoms with Crippen molar-refractivity contribution in [1.29, 1.82) is 0 Å². The normalized spacial score (nSPS) is 15.5. The second-order valence-electron chi connectivity index (χ2n) is 9.22. The Hall–Kier alpha value is -2.53. The van der Waals surface area contributed by atoms with Crippen molar-refractivity contribution in [3.8, 4) is 0 Å². The minimum absolute atomic E-state index is 0.293. The van der Waals surface area contributed by atoms with Gasteiger partial charge in [-0.3, -0.25) is 10.2 Å². The number of carbonyl (C=O) groups excluding carboxylic acids is 1. The molecule has 162 valence electrons. The molecule has 0 spiro atoms. The maximum atomic E-state index is 12.1. The molecule has 1 amide bonds. The smallest absolute Gasteiger partial charge is 0.411 e. The van der Waals surface area contributed by atoms with Crippen molar-refractivity contribution in [3.63, 3.8) is 0 Å². The van der Waals surface area contributed by atoms with Crippen molar-refractivity contribution in [2.45, 2.75) is 47.0 Å². The molecule has 1 aromatic heterocycles. The van der Waals surface area contributed by atoms with Crippen LogP contribution in [-0.4, -0.2) is 42.2 Å². The predicted molar refractivity (Wildman–Crippen MR) is 126 cm³/mol. The number of nitrogens with zero attached hydrogens (tertiary/aromatic N) is 1. The topological polar surface area (TPSA) is 57.4 Å². The summed E-state index contributed by atoms with van der Waals surface area (Å²) < 4.78 is 5.22. The van der Waals surface area contributed by atoms with Crippen LogP contribution < -0.4 is 5.32 Å². The van der Waals surface area contributed by atoms with E-state index in [0.717, 1.165) is 55.5 Å². The van der Waals surface area contributed by atoms with Gasteiger partial charge in [0.15, 0.2) is 0 Å². The number of H-pyrrole nitrogens is 1. The van der Waals surface area contributed by atoms with Crippen molar-refractivity contribution in [3.05, 3.63) is 48.2 Å². The highest BCUT2D eigenvalue weighted by Gasteiger charge is 2.20. The fraction of sp³-hybridized carbons (Fsp3) is 0.480. The average molecular weight is 410 g/mol. The molecule has 1 aliphatic rings. The van der Waals surface area contributed by atoms with Crippen LogP contribution in [0, 0.1) is 5.41 Å². The van der Waals surface area contributed by atoms with E-state index < -0.39 is 6.09 Å². The quantitative estimate of drug-likeness (QED) is 0.535. The summed E-state index contributed by atoms with van der Waals surface area (Å²) in [5, 5.41) is 3.97. The van der Waals surface area contributed by atoms with Crippen LogP contribution in [0.1, 0.15) is 52.5 Å². The second kappa shape index (κ2) is 9.98. The molecular formula is C25H35N3O2. The first-order valence-corrected chi connectivity index (χ1v) is 11.0. The van der Waals surface area contributed by atoms with E-state index in [0.29, 0.717) is 12.0 Å². The number of aromatic amines is 1. The number of benzene rings is 1. The van der Waals surface area contributed by atoms with E-state index in [1.807, 2.05) is 30.4 Å². The third kappa shape index (κ3) is 6.23. The maximum absolute atomic E-state index is 12.1. The van der Waals surface area contributed by atoms with Crippen LogP contribution >= 0.6 is 0 Å². The van der Waals surface area contributed by atoms with Gasteiger partial charge in [-0.1, -0.05) is 52.3 Å². The lowest BCUT2D eigenvalue weighted by atomic mass is 9.93. The van der Waals surface area contributed by atoms with E-state index in [9.17, 15) is 4.79 Å². The van der Waals surface area contributed by atoms with Crippen molar-refractivity contribution in [2.75, 3.05) is 31.6 Å². The van der Waals surface area contributed by atoms with Crippen molar-refractivity contribution < 1.29 is 9.53 Å². The number of hydrogen-bond acceptors (Lipinski definition) is 3. The molecule has 5 nitrogen and oxygen atoms in total. The molecule has 5 heteroatoms. The molecule has 0 unspecified atom stereocenters. The number of ether oxygens (including phenoxy) is 1. The number of anilines is 1. The summed E-state index contributed by atoms with van der Waals surface area (Å²) in [7, 11) is 0. The van der Waals surface area contributed by atoms with Crippen LogP contribution in [0.15, 0.2) is 42.6 Å². The second-order valence-corrected chi connectivity index (χ2v) is 9.22. The van der Waals surface area contributed by atoms with Crippen LogP contribution in [0.3, 0.4) is 0 Å². The van der Waals surface area contributed by atoms with Crippen LogP contribution in [0.4, 0.5) is 10.5 Å². The lowest BCUT2D eigenvalue weighted by molar-refractivity contribution is 0.174. The molecule has 0 atom stereocenters. The molecule has 0 saturated heterocycles. The summed E-state index contributed by atoms with van der Waals surface area (Å²) in [6, 6.07) is 5.93. The first-order chi connectivity index (χ1) is 14.4. The summed E-state index contributed by atoms with van der Waals surface area (Å²) >= 11 is 0. The highest BCUT2D eigenvalue weighted by atomic mass is 16.5. The SMILES string of the molecule is CCCC=CCOC(=O)Nc1ccc2[nH]cc(C3=CCN(CC(C)(C)C)CC3)c2c1. The number of rotatable bonds is 7. The van der Waals surface area contributed by atoms with Gasteiger partial charge in [-0.25, -0.2) is 4.79 Å². The Balaban J connectivity index is 1.66. The lowest BCUT2D eigenvalue weighted by Gasteiger charge is -2.32. The summed E-state index contributed by atoms with van der Waals surface area (Å²) in [6.07, 6.45) is 11.0. The van der Waals surface area contributed by atoms with E-state index in [2.05, 4.69) is 55.2 Å². The Morgan fingerprint density at radius 2 is 2.13 bits per heavy atom. The van der Waals surface area contributed by atoms with Crippen LogP contribution in [0.2, 0.25) is 0 Å². The van der Waals surface area contributed by atoms with Gasteiger partial charge in [0.25, 0.3) is 0 Å². The Labute approximate surface area is 180 Å². The minimum Gasteiger partial charge on any atom is -0.445 e. The zero-order chi connectivity index (χ0) is 21.6. The first-order valence-electron chi connectivity index (χ1n) is 11.0. The highest BCUT2D eigenvalue weighted by molar-refractivity contribution is 5.96. The zero-order valence-corrected chi connectivity index (χ0v) is 18.8. The van der Waals surface area contributed by atoms with Crippen LogP contribution in [-0.2, 0) is 4.74 Å². The van der Waals surface area contributed by atoms with E-state index in [-0.39, 0.29) is 0 Å². The Bertz CT molecular complexity index is 918. The number of carbonyl (C=O) groups is 1. The molecule has 1 aliphatic heterocycles. The van der Waals surface area contributed by atoms with Crippen molar-refractivity contribution in [1.82, 2.24) is 9.88 Å². The Kier molecular flexibility index (Phi) is 7.38. The van der Waals surface area contributed by atoms with Crippen molar-refractivity contribution in [2.24, 2.45) is 5.41 Å². The standard InChI is InChI=1S/C25H35N3O2/c1-5-6-7-8-15-30-24(29)27-20-9-10-23-21(16-20)22(17-26-23)19-11-13-28(14-12-19)18-25(2,3)4/h7-11,16-17,26H,5-6,12-15,18H2,1-4H3,(H,27,29). The van der Waals surface area contributed by atoms with Gasteiger partial charge >= 0.3 is 6.09 Å². The molecule has 0 fully saturated rings. The van der Waals surface area contributed by atoms with E-state index in [1.54, 1.807) is 0 Å². The van der Waals surface area contributed by atoms with Gasteiger partial charge in [0.05, 0.1) is 0 Å². The zero-order valence-electron chi connectivity index (χ0n) is 18.8. The summed E-state index contributed by atoms with van der Waals surface area (Å²) in [5.74, 6) is 0. The number of amides is 1. The molecule has 2 aromatic rings. The number of allylic oxidation sites excluding steroid dienone is 1. The predicted octanol–water partition coefficient (Wildman–Crippen LogP) is 6.21. The van der Waals surface area contributed by atoms with Gasteiger partial charge in [0.2, 0.25) is 0 Å². The Morgan fingerprint density at radius 3 is 2.83 bits per heavy atom. The third-order valence-electron chi connectivity index (χ3n) is 5.20. The summed E-state index contributed by atoms with van der Waals surface area (Å²) in [5.41, 5.74) is 4.72.